The van der Waals surface area contributed by atoms with E-state index >= 15 is 0 Å². The third-order valence-electron chi connectivity index (χ3n) is 2.63. The largest absolute Gasteiger partial charge is 0.468 e. The number of nitrogens with zero attached hydrogens (tertiary/aromatic N) is 1. The number of esters is 1. The lowest BCUT2D eigenvalue weighted by Crippen LogP contribution is -2.34. The third-order valence-corrected chi connectivity index (χ3v) is 2.96. The van der Waals surface area contributed by atoms with Gasteiger partial charge in [0.2, 0.25) is 5.91 Å². The molecule has 0 radical (unpaired) electrons. The van der Waals surface area contributed by atoms with Crippen LogP contribution in [0.2, 0.25) is 5.02 Å². The molecule has 0 saturated heterocycles. The van der Waals surface area contributed by atoms with E-state index in [-0.39, 0.29) is 17.1 Å². The number of hydrogen-bond donors (Lipinski definition) is 0. The van der Waals surface area contributed by atoms with E-state index in [1.54, 1.807) is 6.92 Å². The van der Waals surface area contributed by atoms with Gasteiger partial charge in [0.15, 0.2) is 0 Å². The maximum Gasteiger partial charge on any atom is 0.325 e. The Morgan fingerprint density at radius 1 is 1.45 bits per heavy atom. The average molecular weight is 300 g/mol. The molecular formula is C14H15ClFNO3. The second-order valence-electron chi connectivity index (χ2n) is 3.90. The summed E-state index contributed by atoms with van der Waals surface area (Å²) in [5, 5.41) is 0.213. The highest BCUT2D eigenvalue weighted by molar-refractivity contribution is 6.32. The van der Waals surface area contributed by atoms with Gasteiger partial charge in [0.1, 0.15) is 12.4 Å². The normalized spacial score (nSPS) is 10.6. The van der Waals surface area contributed by atoms with Crippen LogP contribution in [0.1, 0.15) is 12.5 Å². The van der Waals surface area contributed by atoms with Crippen molar-refractivity contribution in [2.24, 2.45) is 0 Å². The zero-order valence-corrected chi connectivity index (χ0v) is 12.0. The van der Waals surface area contributed by atoms with Gasteiger partial charge in [0.25, 0.3) is 0 Å². The van der Waals surface area contributed by atoms with Crippen LogP contribution < -0.4 is 0 Å². The number of amides is 1. The zero-order valence-electron chi connectivity index (χ0n) is 11.2. The highest BCUT2D eigenvalue weighted by atomic mass is 35.5. The lowest BCUT2D eigenvalue weighted by atomic mass is 10.2. The number of halogens is 2. The average Bonchev–Trinajstić information content (AvgIpc) is 2.43. The summed E-state index contributed by atoms with van der Waals surface area (Å²) >= 11 is 5.84. The summed E-state index contributed by atoms with van der Waals surface area (Å²) in [4.78, 5) is 24.3. The Kier molecular flexibility index (Phi) is 6.18. The lowest BCUT2D eigenvalue weighted by Gasteiger charge is -2.17. The standard InChI is InChI=1S/C14H15ClFNO3/c1-3-17(9-14(19)20-2)13(18)8-7-10-11(15)5-4-6-12(10)16/h4-8H,3,9H2,1-2H3. The molecule has 4 nitrogen and oxygen atoms in total. The molecule has 0 spiro atoms. The number of benzene rings is 1. The van der Waals surface area contributed by atoms with E-state index in [9.17, 15) is 14.0 Å². The summed E-state index contributed by atoms with van der Waals surface area (Å²) in [7, 11) is 1.25. The molecule has 0 aliphatic rings. The van der Waals surface area contributed by atoms with Gasteiger partial charge >= 0.3 is 5.97 Å². The fraction of sp³-hybridized carbons (Fsp3) is 0.286. The molecule has 0 aromatic heterocycles. The fourth-order valence-electron chi connectivity index (χ4n) is 1.50. The predicted molar refractivity (Wildman–Crippen MR) is 74.7 cm³/mol. The van der Waals surface area contributed by atoms with Gasteiger partial charge in [-0.15, -0.1) is 0 Å². The smallest absolute Gasteiger partial charge is 0.325 e. The third kappa shape index (κ3) is 4.35. The Balaban J connectivity index is 2.83. The van der Waals surface area contributed by atoms with Gasteiger partial charge in [-0.1, -0.05) is 17.7 Å². The second kappa shape index (κ2) is 7.65. The molecule has 1 rings (SSSR count). The minimum absolute atomic E-state index is 0.136. The first-order chi connectivity index (χ1) is 9.49. The molecule has 108 valence electrons. The highest BCUT2D eigenvalue weighted by Gasteiger charge is 2.13. The molecule has 0 N–H and O–H groups in total. The quantitative estimate of drug-likeness (QED) is 0.620. The number of likely N-dealkylation sites (N-methyl/N-ethyl adjacent to an activating group) is 1. The van der Waals surface area contributed by atoms with Crippen LogP contribution >= 0.6 is 11.6 Å². The van der Waals surface area contributed by atoms with Crippen LogP contribution in [0, 0.1) is 5.82 Å². The summed E-state index contributed by atoms with van der Waals surface area (Å²) in [6.07, 6.45) is 2.47. The van der Waals surface area contributed by atoms with E-state index in [1.807, 2.05) is 0 Å². The van der Waals surface area contributed by atoms with Crippen molar-refractivity contribution >= 4 is 29.6 Å². The Morgan fingerprint density at radius 2 is 2.15 bits per heavy atom. The molecule has 6 heteroatoms. The Bertz CT molecular complexity index is 511. The molecule has 0 heterocycles. The Labute approximate surface area is 121 Å². The van der Waals surface area contributed by atoms with Crippen LogP contribution in [0.15, 0.2) is 24.3 Å². The van der Waals surface area contributed by atoms with Crippen molar-refractivity contribution < 1.29 is 18.7 Å². The van der Waals surface area contributed by atoms with E-state index in [4.69, 9.17) is 11.6 Å². The van der Waals surface area contributed by atoms with Crippen molar-refractivity contribution in [3.63, 3.8) is 0 Å². The van der Waals surface area contributed by atoms with E-state index in [2.05, 4.69) is 4.74 Å². The number of carbonyl (C=O) groups is 2. The van der Waals surface area contributed by atoms with Crippen molar-refractivity contribution in [3.8, 4) is 0 Å². The first kappa shape index (κ1) is 16.2. The first-order valence-electron chi connectivity index (χ1n) is 5.97. The van der Waals surface area contributed by atoms with Gasteiger partial charge in [-0.25, -0.2) is 4.39 Å². The molecule has 0 unspecified atom stereocenters. The summed E-state index contributed by atoms with van der Waals surface area (Å²) in [6.45, 7) is 1.91. The van der Waals surface area contributed by atoms with Crippen molar-refractivity contribution in [1.29, 1.82) is 0 Å². The second-order valence-corrected chi connectivity index (χ2v) is 4.30. The van der Waals surface area contributed by atoms with Crippen LogP contribution in [-0.2, 0) is 14.3 Å². The summed E-state index contributed by atoms with van der Waals surface area (Å²) in [5.74, 6) is -1.45. The van der Waals surface area contributed by atoms with Gasteiger partial charge in [0, 0.05) is 18.2 Å². The molecule has 1 aromatic rings. The van der Waals surface area contributed by atoms with Crippen molar-refractivity contribution in [3.05, 3.63) is 40.7 Å². The number of carbonyl (C=O) groups excluding carboxylic acids is 2. The Morgan fingerprint density at radius 3 is 2.70 bits per heavy atom. The molecule has 0 saturated carbocycles. The number of methoxy groups -OCH3 is 1. The molecule has 0 atom stereocenters. The predicted octanol–water partition coefficient (Wildman–Crippen LogP) is 2.51. The van der Waals surface area contributed by atoms with Crippen LogP contribution in [-0.4, -0.2) is 37.0 Å². The highest BCUT2D eigenvalue weighted by Crippen LogP contribution is 2.20. The lowest BCUT2D eigenvalue weighted by molar-refractivity contribution is -0.145. The molecule has 1 aromatic carbocycles. The number of ether oxygens (including phenoxy) is 1. The maximum atomic E-state index is 13.5. The van der Waals surface area contributed by atoms with Gasteiger partial charge in [-0.05, 0) is 25.1 Å². The minimum Gasteiger partial charge on any atom is -0.468 e. The molecule has 20 heavy (non-hydrogen) atoms. The summed E-state index contributed by atoms with van der Waals surface area (Å²) < 4.78 is 18.0. The van der Waals surface area contributed by atoms with Crippen LogP contribution in [0.5, 0.6) is 0 Å². The van der Waals surface area contributed by atoms with Crippen LogP contribution in [0.3, 0.4) is 0 Å². The van der Waals surface area contributed by atoms with E-state index < -0.39 is 17.7 Å². The van der Waals surface area contributed by atoms with Crippen molar-refractivity contribution in [2.75, 3.05) is 20.2 Å². The van der Waals surface area contributed by atoms with Gasteiger partial charge in [-0.2, -0.15) is 0 Å². The summed E-state index contributed by atoms with van der Waals surface area (Å²) in [5.41, 5.74) is 0.136. The molecule has 1 amide bonds. The molecule has 0 bridgehead atoms. The molecule has 0 fully saturated rings. The van der Waals surface area contributed by atoms with Gasteiger partial charge in [-0.3, -0.25) is 9.59 Å². The minimum atomic E-state index is -0.516. The monoisotopic (exact) mass is 299 g/mol. The molecule has 0 aliphatic carbocycles. The van der Waals surface area contributed by atoms with Crippen molar-refractivity contribution in [2.45, 2.75) is 6.92 Å². The SMILES string of the molecule is CCN(CC(=O)OC)C(=O)C=Cc1c(F)cccc1Cl. The number of hydrogen-bond acceptors (Lipinski definition) is 3. The number of rotatable bonds is 5. The molecular weight excluding hydrogens is 285 g/mol. The fourth-order valence-corrected chi connectivity index (χ4v) is 1.72. The van der Waals surface area contributed by atoms with Gasteiger partial charge in [0.05, 0.1) is 12.1 Å². The van der Waals surface area contributed by atoms with Crippen molar-refractivity contribution in [1.82, 2.24) is 4.90 Å². The topological polar surface area (TPSA) is 46.6 Å². The maximum absolute atomic E-state index is 13.5. The Hall–Kier alpha value is -1.88. The van der Waals surface area contributed by atoms with E-state index in [0.29, 0.717) is 6.54 Å². The van der Waals surface area contributed by atoms with Crippen LogP contribution in [0.4, 0.5) is 4.39 Å². The summed E-state index contributed by atoms with van der Waals surface area (Å²) in [6, 6.07) is 4.26. The zero-order chi connectivity index (χ0) is 15.1. The molecule has 0 aliphatic heterocycles. The van der Waals surface area contributed by atoms with Gasteiger partial charge < -0.3 is 9.64 Å². The van der Waals surface area contributed by atoms with Crippen LogP contribution in [0.25, 0.3) is 6.08 Å². The first-order valence-corrected chi connectivity index (χ1v) is 6.35. The van der Waals surface area contributed by atoms with E-state index in [0.717, 1.165) is 0 Å². The van der Waals surface area contributed by atoms with E-state index in [1.165, 1.54) is 42.4 Å².